The van der Waals surface area contributed by atoms with Crippen LogP contribution in [0.1, 0.15) is 19.8 Å². The Bertz CT molecular complexity index is 1060. The first-order valence-electron chi connectivity index (χ1n) is 8.45. The fraction of sp³-hybridized carbons (Fsp3) is 0.222. The lowest BCUT2D eigenvalue weighted by molar-refractivity contribution is 0.676. The van der Waals surface area contributed by atoms with E-state index in [1.807, 2.05) is 41.1 Å². The second-order valence-electron chi connectivity index (χ2n) is 5.89. The minimum atomic E-state index is -1.10. The molecule has 0 fully saturated rings. The number of rotatable bonds is 6. The Balaban J connectivity index is 1.70. The molecule has 1 atom stereocenters. The van der Waals surface area contributed by atoms with Gasteiger partial charge in [0.1, 0.15) is 16.9 Å². The lowest BCUT2D eigenvalue weighted by atomic mass is 10.2. The van der Waals surface area contributed by atoms with Crippen LogP contribution in [0.3, 0.4) is 0 Å². The van der Waals surface area contributed by atoms with Crippen LogP contribution in [-0.4, -0.2) is 39.7 Å². The van der Waals surface area contributed by atoms with E-state index in [4.69, 9.17) is 0 Å². The van der Waals surface area contributed by atoms with Crippen molar-refractivity contribution in [2.75, 3.05) is 5.75 Å². The van der Waals surface area contributed by atoms with Gasteiger partial charge >= 0.3 is 0 Å². The number of nitrogens with zero attached hydrogens (tertiary/aromatic N) is 5. The SMILES string of the molecule is CCCCS(=O)c1cnc2c(ccn2-c2cccc(-c3ncn[nH]3)c2)n1. The van der Waals surface area contributed by atoms with Gasteiger partial charge in [0, 0.05) is 23.2 Å². The van der Waals surface area contributed by atoms with Crippen LogP contribution in [0.15, 0.2) is 54.1 Å². The fourth-order valence-corrected chi connectivity index (χ4v) is 3.87. The van der Waals surface area contributed by atoms with Crippen molar-refractivity contribution < 1.29 is 4.21 Å². The quantitative estimate of drug-likeness (QED) is 0.566. The third-order valence-corrected chi connectivity index (χ3v) is 5.42. The number of nitrogens with one attached hydrogen (secondary N) is 1. The molecule has 132 valence electrons. The first kappa shape index (κ1) is 16.6. The molecule has 0 saturated heterocycles. The first-order valence-corrected chi connectivity index (χ1v) is 9.77. The number of benzene rings is 1. The molecule has 0 radical (unpaired) electrons. The number of hydrogen-bond acceptors (Lipinski definition) is 5. The van der Waals surface area contributed by atoms with E-state index in [0.717, 1.165) is 35.3 Å². The van der Waals surface area contributed by atoms with E-state index in [1.54, 1.807) is 6.20 Å². The summed E-state index contributed by atoms with van der Waals surface area (Å²) in [7, 11) is -1.10. The monoisotopic (exact) mass is 366 g/mol. The van der Waals surface area contributed by atoms with Gasteiger partial charge in [-0.05, 0) is 24.6 Å². The summed E-state index contributed by atoms with van der Waals surface area (Å²) in [5.74, 6) is 1.33. The van der Waals surface area contributed by atoms with E-state index in [2.05, 4.69) is 32.1 Å². The van der Waals surface area contributed by atoms with Crippen LogP contribution in [0.5, 0.6) is 0 Å². The predicted octanol–water partition coefficient (Wildman–Crippen LogP) is 3.11. The molecule has 7 nitrogen and oxygen atoms in total. The zero-order valence-electron chi connectivity index (χ0n) is 14.3. The number of fused-ring (bicyclic) bond motifs is 1. The van der Waals surface area contributed by atoms with Crippen LogP contribution in [0.25, 0.3) is 28.2 Å². The standard InChI is InChI=1S/C18H18N6OS/c1-2-3-9-26(25)16-11-19-18-15(22-16)7-8-24(18)14-6-4-5-13(10-14)17-20-12-21-23-17/h4-8,10-12H,2-3,9H2,1H3,(H,20,21,23). The van der Waals surface area contributed by atoms with Crippen LogP contribution in [0.4, 0.5) is 0 Å². The average molecular weight is 366 g/mol. The van der Waals surface area contributed by atoms with Gasteiger partial charge in [-0.1, -0.05) is 25.5 Å². The molecule has 4 rings (SSSR count). The number of unbranched alkanes of at least 4 members (excludes halogenated alkanes) is 1. The van der Waals surface area contributed by atoms with E-state index in [0.29, 0.717) is 16.6 Å². The Kier molecular flexibility index (Phi) is 4.57. The molecular formula is C18H18N6OS. The molecule has 4 aromatic rings. The van der Waals surface area contributed by atoms with Gasteiger partial charge in [0.25, 0.3) is 0 Å². The van der Waals surface area contributed by atoms with Gasteiger partial charge < -0.3 is 0 Å². The Hall–Kier alpha value is -2.87. The van der Waals surface area contributed by atoms with Crippen LogP contribution in [-0.2, 0) is 10.8 Å². The molecule has 1 aromatic carbocycles. The number of H-pyrrole nitrogens is 1. The number of aromatic amines is 1. The summed E-state index contributed by atoms with van der Waals surface area (Å²) in [6, 6.07) is 9.82. The fourth-order valence-electron chi connectivity index (χ4n) is 2.74. The van der Waals surface area contributed by atoms with Gasteiger partial charge in [-0.25, -0.2) is 15.0 Å². The van der Waals surface area contributed by atoms with Crippen molar-refractivity contribution in [1.82, 2.24) is 29.7 Å². The number of hydrogen-bond donors (Lipinski definition) is 1. The summed E-state index contributed by atoms with van der Waals surface area (Å²) in [6.07, 6.45) is 6.95. The van der Waals surface area contributed by atoms with Gasteiger partial charge in [0.15, 0.2) is 11.5 Å². The summed E-state index contributed by atoms with van der Waals surface area (Å²) in [4.78, 5) is 13.2. The van der Waals surface area contributed by atoms with Gasteiger partial charge in [-0.3, -0.25) is 13.9 Å². The molecule has 0 aliphatic carbocycles. The van der Waals surface area contributed by atoms with Crippen molar-refractivity contribution in [2.24, 2.45) is 0 Å². The maximum absolute atomic E-state index is 12.3. The van der Waals surface area contributed by atoms with Crippen molar-refractivity contribution in [3.63, 3.8) is 0 Å². The van der Waals surface area contributed by atoms with Crippen LogP contribution in [0.2, 0.25) is 0 Å². The molecule has 0 amide bonds. The molecule has 3 aromatic heterocycles. The van der Waals surface area contributed by atoms with Crippen molar-refractivity contribution in [3.05, 3.63) is 49.1 Å². The molecule has 0 spiro atoms. The Morgan fingerprint density at radius 3 is 2.96 bits per heavy atom. The van der Waals surface area contributed by atoms with Gasteiger partial charge in [-0.2, -0.15) is 5.10 Å². The van der Waals surface area contributed by atoms with Gasteiger partial charge in [-0.15, -0.1) is 0 Å². The summed E-state index contributed by atoms with van der Waals surface area (Å²) in [5.41, 5.74) is 3.35. The van der Waals surface area contributed by atoms with Gasteiger partial charge in [0.2, 0.25) is 0 Å². The van der Waals surface area contributed by atoms with Gasteiger partial charge in [0.05, 0.1) is 17.0 Å². The van der Waals surface area contributed by atoms with Crippen molar-refractivity contribution in [3.8, 4) is 17.1 Å². The summed E-state index contributed by atoms with van der Waals surface area (Å²) < 4.78 is 14.2. The Labute approximate surface area is 153 Å². The highest BCUT2D eigenvalue weighted by Gasteiger charge is 2.11. The maximum Gasteiger partial charge on any atom is 0.163 e. The third kappa shape index (κ3) is 3.15. The van der Waals surface area contributed by atoms with E-state index < -0.39 is 10.8 Å². The molecule has 0 aliphatic rings. The topological polar surface area (TPSA) is 89.4 Å². The summed E-state index contributed by atoms with van der Waals surface area (Å²) >= 11 is 0. The van der Waals surface area contributed by atoms with Crippen LogP contribution >= 0.6 is 0 Å². The van der Waals surface area contributed by atoms with Crippen molar-refractivity contribution in [2.45, 2.75) is 24.8 Å². The minimum Gasteiger partial charge on any atom is -0.300 e. The van der Waals surface area contributed by atoms with Crippen LogP contribution < -0.4 is 0 Å². The van der Waals surface area contributed by atoms with E-state index >= 15 is 0 Å². The zero-order valence-corrected chi connectivity index (χ0v) is 15.1. The highest BCUT2D eigenvalue weighted by atomic mass is 32.2. The first-order chi connectivity index (χ1) is 12.8. The molecule has 0 aliphatic heterocycles. The third-order valence-electron chi connectivity index (χ3n) is 4.10. The lowest BCUT2D eigenvalue weighted by Gasteiger charge is -2.07. The Morgan fingerprint density at radius 2 is 2.15 bits per heavy atom. The smallest absolute Gasteiger partial charge is 0.163 e. The largest absolute Gasteiger partial charge is 0.300 e. The van der Waals surface area contributed by atoms with E-state index in [1.165, 1.54) is 6.33 Å². The average Bonchev–Trinajstić information content (AvgIpc) is 3.35. The highest BCUT2D eigenvalue weighted by molar-refractivity contribution is 7.84. The molecule has 0 saturated carbocycles. The molecule has 26 heavy (non-hydrogen) atoms. The molecule has 0 bridgehead atoms. The number of aromatic nitrogens is 6. The molecule has 1 N–H and O–H groups in total. The van der Waals surface area contributed by atoms with E-state index in [-0.39, 0.29) is 0 Å². The van der Waals surface area contributed by atoms with Crippen molar-refractivity contribution in [1.29, 1.82) is 0 Å². The summed E-state index contributed by atoms with van der Waals surface area (Å²) in [5, 5.41) is 7.30. The second kappa shape index (κ2) is 7.17. The highest BCUT2D eigenvalue weighted by Crippen LogP contribution is 2.22. The Morgan fingerprint density at radius 1 is 1.23 bits per heavy atom. The lowest BCUT2D eigenvalue weighted by Crippen LogP contribution is -2.02. The van der Waals surface area contributed by atoms with Crippen molar-refractivity contribution >= 4 is 22.0 Å². The van der Waals surface area contributed by atoms with E-state index in [9.17, 15) is 4.21 Å². The zero-order chi connectivity index (χ0) is 17.9. The minimum absolute atomic E-state index is 0.541. The van der Waals surface area contributed by atoms with Crippen LogP contribution in [0, 0.1) is 0 Å². The molecule has 3 heterocycles. The maximum atomic E-state index is 12.3. The second-order valence-corrected chi connectivity index (χ2v) is 7.41. The normalized spacial score (nSPS) is 12.5. The molecule has 8 heteroatoms. The molecular weight excluding hydrogens is 348 g/mol. The predicted molar refractivity (Wildman–Crippen MR) is 100 cm³/mol. The molecule has 1 unspecified atom stereocenters. The summed E-state index contributed by atoms with van der Waals surface area (Å²) in [6.45, 7) is 2.08.